The van der Waals surface area contributed by atoms with Gasteiger partial charge in [0.15, 0.2) is 5.82 Å². The molecule has 0 saturated heterocycles. The first-order chi connectivity index (χ1) is 9.15. The molecule has 19 heavy (non-hydrogen) atoms. The van der Waals surface area contributed by atoms with Gasteiger partial charge in [-0.25, -0.2) is 9.97 Å². The number of ether oxygens (including phenoxy) is 1. The molecule has 1 N–H and O–H groups in total. The topological polar surface area (TPSA) is 47.0 Å². The molecule has 2 rings (SSSR count). The molecule has 4 nitrogen and oxygen atoms in total. The zero-order valence-electron chi connectivity index (χ0n) is 11.8. The van der Waals surface area contributed by atoms with Crippen molar-refractivity contribution < 1.29 is 4.74 Å². The van der Waals surface area contributed by atoms with Crippen LogP contribution >= 0.6 is 0 Å². The highest BCUT2D eigenvalue weighted by Gasteiger charge is 2.09. The minimum absolute atomic E-state index is 0.410. The third-order valence-corrected chi connectivity index (χ3v) is 3.18. The molecule has 0 radical (unpaired) electrons. The standard InChI is InChI=1S/C15H19N3O/c1-10-6-5-7-12(11(10)2)13-8-14(16-3)18-15(17-13)9-19-4/h5-8H,9H2,1-4H3,(H,16,17,18). The van der Waals surface area contributed by atoms with Crippen LogP contribution in [0.3, 0.4) is 0 Å². The first-order valence-electron chi connectivity index (χ1n) is 6.27. The Hall–Kier alpha value is -1.94. The molecule has 1 aromatic heterocycles. The van der Waals surface area contributed by atoms with Gasteiger partial charge in [-0.15, -0.1) is 0 Å². The quantitative estimate of drug-likeness (QED) is 0.914. The fraction of sp³-hybridized carbons (Fsp3) is 0.333. The molecule has 0 aliphatic heterocycles. The third kappa shape index (κ3) is 2.90. The average molecular weight is 257 g/mol. The van der Waals surface area contributed by atoms with E-state index in [4.69, 9.17) is 4.74 Å². The van der Waals surface area contributed by atoms with Gasteiger partial charge in [-0.3, -0.25) is 0 Å². The zero-order valence-corrected chi connectivity index (χ0v) is 11.8. The summed E-state index contributed by atoms with van der Waals surface area (Å²) in [6.45, 7) is 4.63. The van der Waals surface area contributed by atoms with Gasteiger partial charge < -0.3 is 10.1 Å². The molecule has 0 saturated carbocycles. The van der Waals surface area contributed by atoms with E-state index >= 15 is 0 Å². The summed E-state index contributed by atoms with van der Waals surface area (Å²) >= 11 is 0. The number of aryl methyl sites for hydroxylation is 1. The molecule has 0 aliphatic rings. The first kappa shape index (κ1) is 13.5. The maximum Gasteiger partial charge on any atom is 0.157 e. The lowest BCUT2D eigenvalue weighted by molar-refractivity contribution is 0.178. The third-order valence-electron chi connectivity index (χ3n) is 3.18. The zero-order chi connectivity index (χ0) is 13.8. The summed E-state index contributed by atoms with van der Waals surface area (Å²) in [5.74, 6) is 1.49. The second kappa shape index (κ2) is 5.80. The Morgan fingerprint density at radius 2 is 2.00 bits per heavy atom. The van der Waals surface area contributed by atoms with Crippen molar-refractivity contribution in [3.63, 3.8) is 0 Å². The van der Waals surface area contributed by atoms with Gasteiger partial charge in [-0.2, -0.15) is 0 Å². The van der Waals surface area contributed by atoms with Gasteiger partial charge in [0.25, 0.3) is 0 Å². The number of nitrogens with zero attached hydrogens (tertiary/aromatic N) is 2. The Kier molecular flexibility index (Phi) is 4.12. The minimum atomic E-state index is 0.410. The molecule has 0 amide bonds. The Balaban J connectivity index is 2.54. The second-order valence-corrected chi connectivity index (χ2v) is 4.49. The molecule has 100 valence electrons. The minimum Gasteiger partial charge on any atom is -0.377 e. The van der Waals surface area contributed by atoms with E-state index in [2.05, 4.69) is 47.3 Å². The van der Waals surface area contributed by atoms with Gasteiger partial charge in [-0.1, -0.05) is 18.2 Å². The fourth-order valence-electron chi connectivity index (χ4n) is 1.99. The van der Waals surface area contributed by atoms with Gasteiger partial charge >= 0.3 is 0 Å². The summed E-state index contributed by atoms with van der Waals surface area (Å²) in [6, 6.07) is 8.20. The van der Waals surface area contributed by atoms with Crippen molar-refractivity contribution in [2.45, 2.75) is 20.5 Å². The summed E-state index contributed by atoms with van der Waals surface area (Å²) in [7, 11) is 3.50. The van der Waals surface area contributed by atoms with Crippen molar-refractivity contribution in [3.8, 4) is 11.3 Å². The number of hydrogen-bond donors (Lipinski definition) is 1. The SMILES string of the molecule is CNc1cc(-c2cccc(C)c2C)nc(COC)n1. The van der Waals surface area contributed by atoms with Crippen LogP contribution in [0.15, 0.2) is 24.3 Å². The first-order valence-corrected chi connectivity index (χ1v) is 6.27. The Labute approximate surface area is 113 Å². The van der Waals surface area contributed by atoms with Crippen LogP contribution in [0, 0.1) is 13.8 Å². The van der Waals surface area contributed by atoms with Gasteiger partial charge in [0, 0.05) is 25.8 Å². The highest BCUT2D eigenvalue weighted by atomic mass is 16.5. The molecular formula is C15H19N3O. The van der Waals surface area contributed by atoms with Crippen LogP contribution in [0.1, 0.15) is 17.0 Å². The number of nitrogens with one attached hydrogen (secondary N) is 1. The van der Waals surface area contributed by atoms with E-state index in [1.54, 1.807) is 7.11 Å². The Morgan fingerprint density at radius 1 is 1.21 bits per heavy atom. The normalized spacial score (nSPS) is 10.5. The van der Waals surface area contributed by atoms with E-state index in [-0.39, 0.29) is 0 Å². The van der Waals surface area contributed by atoms with Gasteiger partial charge in [0.05, 0.1) is 5.69 Å². The summed E-state index contributed by atoms with van der Waals surface area (Å²) in [5.41, 5.74) is 4.56. The average Bonchev–Trinajstić information content (AvgIpc) is 2.42. The molecule has 0 unspecified atom stereocenters. The largest absolute Gasteiger partial charge is 0.377 e. The maximum atomic E-state index is 5.12. The van der Waals surface area contributed by atoms with Crippen LogP contribution in [-0.2, 0) is 11.3 Å². The van der Waals surface area contributed by atoms with Gasteiger partial charge in [0.2, 0.25) is 0 Å². The number of benzene rings is 1. The van der Waals surface area contributed by atoms with Crippen LogP contribution in [0.5, 0.6) is 0 Å². The number of methoxy groups -OCH3 is 1. The van der Waals surface area contributed by atoms with Gasteiger partial charge in [0.1, 0.15) is 12.4 Å². The molecule has 0 spiro atoms. The Morgan fingerprint density at radius 3 is 2.68 bits per heavy atom. The van der Waals surface area contributed by atoms with Crippen molar-refractivity contribution in [1.29, 1.82) is 0 Å². The monoisotopic (exact) mass is 257 g/mol. The molecule has 0 atom stereocenters. The summed E-state index contributed by atoms with van der Waals surface area (Å²) in [5, 5.41) is 3.06. The van der Waals surface area contributed by atoms with Crippen molar-refractivity contribution in [3.05, 3.63) is 41.2 Å². The van der Waals surface area contributed by atoms with Crippen molar-refractivity contribution >= 4 is 5.82 Å². The number of rotatable bonds is 4. The molecule has 4 heteroatoms. The molecule has 2 aromatic rings. The Bertz CT molecular complexity index is 582. The van der Waals surface area contributed by atoms with E-state index in [0.29, 0.717) is 12.4 Å². The van der Waals surface area contributed by atoms with Crippen LogP contribution in [0.2, 0.25) is 0 Å². The van der Waals surface area contributed by atoms with Crippen LogP contribution in [0.4, 0.5) is 5.82 Å². The highest BCUT2D eigenvalue weighted by Crippen LogP contribution is 2.25. The maximum absolute atomic E-state index is 5.12. The van der Waals surface area contributed by atoms with E-state index in [1.807, 2.05) is 13.1 Å². The molecule has 0 fully saturated rings. The fourth-order valence-corrected chi connectivity index (χ4v) is 1.99. The number of aromatic nitrogens is 2. The number of anilines is 1. The summed E-state index contributed by atoms with van der Waals surface area (Å²) in [4.78, 5) is 8.94. The molecule has 1 aromatic carbocycles. The molecular weight excluding hydrogens is 238 g/mol. The second-order valence-electron chi connectivity index (χ2n) is 4.49. The van der Waals surface area contributed by atoms with E-state index in [9.17, 15) is 0 Å². The van der Waals surface area contributed by atoms with Crippen LogP contribution < -0.4 is 5.32 Å². The predicted molar refractivity (Wildman–Crippen MR) is 77.2 cm³/mol. The van der Waals surface area contributed by atoms with Crippen molar-refractivity contribution in [1.82, 2.24) is 9.97 Å². The molecule has 0 aliphatic carbocycles. The highest BCUT2D eigenvalue weighted by molar-refractivity contribution is 5.67. The lowest BCUT2D eigenvalue weighted by Crippen LogP contribution is -2.03. The van der Waals surface area contributed by atoms with E-state index < -0.39 is 0 Å². The van der Waals surface area contributed by atoms with Crippen LogP contribution in [-0.4, -0.2) is 24.1 Å². The van der Waals surface area contributed by atoms with Crippen molar-refractivity contribution in [2.24, 2.45) is 0 Å². The summed E-state index contributed by atoms with van der Waals surface area (Å²) in [6.07, 6.45) is 0. The van der Waals surface area contributed by atoms with Crippen molar-refractivity contribution in [2.75, 3.05) is 19.5 Å². The lowest BCUT2D eigenvalue weighted by Gasteiger charge is -2.11. The lowest BCUT2D eigenvalue weighted by atomic mass is 10.0. The predicted octanol–water partition coefficient (Wildman–Crippen LogP) is 2.95. The summed E-state index contributed by atoms with van der Waals surface area (Å²) < 4.78 is 5.12. The molecule has 0 bridgehead atoms. The van der Waals surface area contributed by atoms with Crippen LogP contribution in [0.25, 0.3) is 11.3 Å². The van der Waals surface area contributed by atoms with Gasteiger partial charge in [-0.05, 0) is 25.0 Å². The van der Waals surface area contributed by atoms with E-state index in [0.717, 1.165) is 17.1 Å². The smallest absolute Gasteiger partial charge is 0.157 e. The molecule has 1 heterocycles. The number of hydrogen-bond acceptors (Lipinski definition) is 4. The van der Waals surface area contributed by atoms with E-state index in [1.165, 1.54) is 11.1 Å².